The maximum absolute atomic E-state index is 10.6. The van der Waals surface area contributed by atoms with Crippen LogP contribution in [0.5, 0.6) is 0 Å². The topological polar surface area (TPSA) is 147 Å². The fourth-order valence-electron chi connectivity index (χ4n) is 0.971. The summed E-state index contributed by atoms with van der Waals surface area (Å²) in [6, 6.07) is -0.743. The van der Waals surface area contributed by atoms with Crippen molar-refractivity contribution < 1.29 is 15.1 Å². The normalized spacial score (nSPS) is 10.4. The van der Waals surface area contributed by atoms with Crippen molar-refractivity contribution in [3.05, 3.63) is 16.3 Å². The smallest absolute Gasteiger partial charge is 0.329 e. The van der Waals surface area contributed by atoms with Gasteiger partial charge in [0.1, 0.15) is 6.20 Å². The highest BCUT2D eigenvalue weighted by Gasteiger charge is 2.19. The van der Waals surface area contributed by atoms with Crippen molar-refractivity contribution in [1.29, 1.82) is 0 Å². The zero-order chi connectivity index (χ0) is 12.1. The SMILES string of the molecule is Nc1ncc([N+](=O)[O-])c(NC(CO)CO)n1. The van der Waals surface area contributed by atoms with Gasteiger partial charge in [0.15, 0.2) is 0 Å². The monoisotopic (exact) mass is 229 g/mol. The Kier molecular flexibility index (Phi) is 3.91. The van der Waals surface area contributed by atoms with Gasteiger partial charge in [-0.3, -0.25) is 10.1 Å². The van der Waals surface area contributed by atoms with Crippen molar-refractivity contribution in [3.8, 4) is 0 Å². The van der Waals surface area contributed by atoms with Crippen LogP contribution in [0.25, 0.3) is 0 Å². The Hall–Kier alpha value is -2.00. The fourth-order valence-corrected chi connectivity index (χ4v) is 0.971. The molecule has 0 aromatic carbocycles. The second kappa shape index (κ2) is 5.19. The van der Waals surface area contributed by atoms with Gasteiger partial charge in [0.05, 0.1) is 24.2 Å². The third kappa shape index (κ3) is 2.74. The van der Waals surface area contributed by atoms with E-state index in [4.69, 9.17) is 15.9 Å². The largest absolute Gasteiger partial charge is 0.394 e. The van der Waals surface area contributed by atoms with Gasteiger partial charge in [-0.05, 0) is 0 Å². The fraction of sp³-hybridized carbons (Fsp3) is 0.429. The van der Waals surface area contributed by atoms with Gasteiger partial charge in [0.25, 0.3) is 0 Å². The molecule has 0 unspecified atom stereocenters. The number of hydrogen-bond donors (Lipinski definition) is 4. The summed E-state index contributed by atoms with van der Waals surface area (Å²) in [5, 5.41) is 30.7. The summed E-state index contributed by atoms with van der Waals surface area (Å²) in [4.78, 5) is 17.0. The molecule has 0 spiro atoms. The summed E-state index contributed by atoms with van der Waals surface area (Å²) in [6.07, 6.45) is 0.955. The number of nitrogens with two attached hydrogens (primary N) is 1. The number of aliphatic hydroxyl groups is 2. The Labute approximate surface area is 90.1 Å². The molecule has 9 nitrogen and oxygen atoms in total. The number of anilines is 2. The molecule has 0 atom stereocenters. The zero-order valence-electron chi connectivity index (χ0n) is 8.20. The molecule has 1 aromatic rings. The molecule has 9 heteroatoms. The Morgan fingerprint density at radius 1 is 1.56 bits per heavy atom. The molecular formula is C7H11N5O4. The van der Waals surface area contributed by atoms with E-state index in [0.29, 0.717) is 0 Å². The molecule has 0 saturated heterocycles. The Balaban J connectivity index is 3.00. The van der Waals surface area contributed by atoms with E-state index in [9.17, 15) is 10.1 Å². The van der Waals surface area contributed by atoms with Crippen LogP contribution in [0.2, 0.25) is 0 Å². The molecule has 0 aliphatic rings. The molecule has 1 heterocycles. The summed E-state index contributed by atoms with van der Waals surface area (Å²) in [7, 11) is 0. The lowest BCUT2D eigenvalue weighted by Gasteiger charge is -2.13. The highest BCUT2D eigenvalue weighted by Crippen LogP contribution is 2.21. The Morgan fingerprint density at radius 3 is 2.69 bits per heavy atom. The first kappa shape index (κ1) is 12.1. The number of nitrogens with one attached hydrogen (secondary N) is 1. The van der Waals surface area contributed by atoms with Crippen LogP contribution >= 0.6 is 0 Å². The molecule has 1 rings (SSSR count). The van der Waals surface area contributed by atoms with Crippen LogP contribution in [0, 0.1) is 10.1 Å². The number of nitro groups is 1. The number of nitrogens with zero attached hydrogens (tertiary/aromatic N) is 3. The van der Waals surface area contributed by atoms with Crippen LogP contribution < -0.4 is 11.1 Å². The average molecular weight is 229 g/mol. The minimum absolute atomic E-state index is 0.134. The van der Waals surface area contributed by atoms with Crippen LogP contribution in [-0.4, -0.2) is 44.4 Å². The number of aromatic nitrogens is 2. The highest BCUT2D eigenvalue weighted by molar-refractivity contribution is 5.56. The van der Waals surface area contributed by atoms with Gasteiger partial charge < -0.3 is 21.3 Å². The second-order valence-corrected chi connectivity index (χ2v) is 2.93. The molecular weight excluding hydrogens is 218 g/mol. The third-order valence-electron chi connectivity index (χ3n) is 1.77. The van der Waals surface area contributed by atoms with Gasteiger partial charge in [-0.1, -0.05) is 0 Å². The van der Waals surface area contributed by atoms with Crippen molar-refractivity contribution in [1.82, 2.24) is 9.97 Å². The molecule has 0 bridgehead atoms. The molecule has 88 valence electrons. The minimum Gasteiger partial charge on any atom is -0.394 e. The number of hydrogen-bond acceptors (Lipinski definition) is 8. The van der Waals surface area contributed by atoms with E-state index in [1.165, 1.54) is 0 Å². The summed E-state index contributed by atoms with van der Waals surface area (Å²) >= 11 is 0. The van der Waals surface area contributed by atoms with Crippen LogP contribution in [0.3, 0.4) is 0 Å². The van der Waals surface area contributed by atoms with E-state index in [1.807, 2.05) is 0 Å². The van der Waals surface area contributed by atoms with E-state index in [0.717, 1.165) is 6.20 Å². The number of rotatable bonds is 5. The molecule has 16 heavy (non-hydrogen) atoms. The van der Waals surface area contributed by atoms with Gasteiger partial charge in [-0.15, -0.1) is 0 Å². The van der Waals surface area contributed by atoms with Crippen LogP contribution in [-0.2, 0) is 0 Å². The van der Waals surface area contributed by atoms with Gasteiger partial charge in [0.2, 0.25) is 11.8 Å². The average Bonchev–Trinajstić information content (AvgIpc) is 2.25. The number of nitrogen functional groups attached to an aromatic ring is 1. The number of aliphatic hydroxyl groups excluding tert-OH is 2. The van der Waals surface area contributed by atoms with Gasteiger partial charge in [-0.25, -0.2) is 4.98 Å². The molecule has 5 N–H and O–H groups in total. The van der Waals surface area contributed by atoms with E-state index < -0.39 is 24.2 Å². The summed E-state index contributed by atoms with van der Waals surface area (Å²) in [5.74, 6) is -0.270. The molecule has 0 saturated carbocycles. The van der Waals surface area contributed by atoms with Crippen molar-refractivity contribution in [3.63, 3.8) is 0 Å². The Morgan fingerprint density at radius 2 is 2.19 bits per heavy atom. The maximum atomic E-state index is 10.6. The lowest BCUT2D eigenvalue weighted by Crippen LogP contribution is -2.28. The lowest BCUT2D eigenvalue weighted by molar-refractivity contribution is -0.384. The van der Waals surface area contributed by atoms with Crippen LogP contribution in [0.1, 0.15) is 0 Å². The minimum atomic E-state index is -0.743. The van der Waals surface area contributed by atoms with E-state index >= 15 is 0 Å². The molecule has 1 aromatic heterocycles. The zero-order valence-corrected chi connectivity index (χ0v) is 8.20. The predicted molar refractivity (Wildman–Crippen MR) is 54.7 cm³/mol. The standard InChI is InChI=1S/C7H11N5O4/c8-7-9-1-5(12(15)16)6(11-7)10-4(2-13)3-14/h1,4,13-14H,2-3H2,(H3,8,9,10,11). The highest BCUT2D eigenvalue weighted by atomic mass is 16.6. The summed E-state index contributed by atoms with van der Waals surface area (Å²) < 4.78 is 0. The van der Waals surface area contributed by atoms with Gasteiger partial charge in [-0.2, -0.15) is 4.98 Å². The first-order chi connectivity index (χ1) is 7.58. The first-order valence-electron chi connectivity index (χ1n) is 4.33. The van der Waals surface area contributed by atoms with Crippen LogP contribution in [0.15, 0.2) is 6.20 Å². The van der Waals surface area contributed by atoms with Crippen molar-refractivity contribution in [2.75, 3.05) is 24.3 Å². The molecule has 0 fully saturated rings. The van der Waals surface area contributed by atoms with E-state index in [-0.39, 0.29) is 17.5 Å². The van der Waals surface area contributed by atoms with E-state index in [1.54, 1.807) is 0 Å². The first-order valence-corrected chi connectivity index (χ1v) is 4.33. The van der Waals surface area contributed by atoms with Crippen molar-refractivity contribution in [2.24, 2.45) is 0 Å². The van der Waals surface area contributed by atoms with Crippen molar-refractivity contribution >= 4 is 17.5 Å². The quantitative estimate of drug-likeness (QED) is 0.361. The summed E-state index contributed by atoms with van der Waals surface area (Å²) in [6.45, 7) is -0.783. The molecule has 0 aliphatic carbocycles. The Bertz CT molecular complexity index is 381. The predicted octanol–water partition coefficient (Wildman–Crippen LogP) is -1.27. The lowest BCUT2D eigenvalue weighted by atomic mass is 10.3. The van der Waals surface area contributed by atoms with Gasteiger partial charge in [0, 0.05) is 0 Å². The van der Waals surface area contributed by atoms with Gasteiger partial charge >= 0.3 is 5.69 Å². The van der Waals surface area contributed by atoms with E-state index in [2.05, 4.69) is 15.3 Å². The third-order valence-corrected chi connectivity index (χ3v) is 1.77. The second-order valence-electron chi connectivity index (χ2n) is 2.93. The summed E-state index contributed by atoms with van der Waals surface area (Å²) in [5.41, 5.74) is 4.90. The van der Waals surface area contributed by atoms with Crippen LogP contribution in [0.4, 0.5) is 17.5 Å². The molecule has 0 aliphatic heterocycles. The maximum Gasteiger partial charge on any atom is 0.329 e. The molecule has 0 amide bonds. The molecule has 0 radical (unpaired) electrons. The van der Waals surface area contributed by atoms with Crippen molar-refractivity contribution in [2.45, 2.75) is 6.04 Å².